The van der Waals surface area contributed by atoms with Gasteiger partial charge in [0.15, 0.2) is 0 Å². The highest BCUT2D eigenvalue weighted by atomic mass is 16.5. The average Bonchev–Trinajstić information content (AvgIpc) is 3.15. The predicted octanol–water partition coefficient (Wildman–Crippen LogP) is 1.67. The Kier molecular flexibility index (Phi) is 5.68. The van der Waals surface area contributed by atoms with Crippen LogP contribution in [0.5, 0.6) is 5.88 Å². The van der Waals surface area contributed by atoms with Gasteiger partial charge >= 0.3 is 5.69 Å². The van der Waals surface area contributed by atoms with Gasteiger partial charge < -0.3 is 9.84 Å². The summed E-state index contributed by atoms with van der Waals surface area (Å²) in [5.41, 5.74) is 0.110. The predicted molar refractivity (Wildman–Crippen MR) is 99.2 cm³/mol. The molecule has 1 atom stereocenters. The van der Waals surface area contributed by atoms with Gasteiger partial charge in [0.1, 0.15) is 5.56 Å². The number of aromatic amines is 1. The van der Waals surface area contributed by atoms with Gasteiger partial charge in [-0.15, -0.1) is 0 Å². The second-order valence-corrected chi connectivity index (χ2v) is 6.31. The maximum Gasteiger partial charge on any atom is 0.331 e. The molecule has 1 aromatic carbocycles. The van der Waals surface area contributed by atoms with Gasteiger partial charge in [-0.05, 0) is 24.8 Å². The molecule has 0 spiro atoms. The van der Waals surface area contributed by atoms with Crippen LogP contribution in [-0.4, -0.2) is 39.6 Å². The zero-order chi connectivity index (χ0) is 18.5. The first-order chi connectivity index (χ1) is 12.6. The first kappa shape index (κ1) is 18.1. The monoisotopic (exact) mass is 357 g/mol. The number of nitrogens with one attached hydrogen (secondary N) is 1. The fourth-order valence-corrected chi connectivity index (χ4v) is 3.10. The molecule has 0 amide bonds. The summed E-state index contributed by atoms with van der Waals surface area (Å²) in [6.45, 7) is 3.20. The lowest BCUT2D eigenvalue weighted by Crippen LogP contribution is -2.34. The third-order valence-electron chi connectivity index (χ3n) is 4.49. The van der Waals surface area contributed by atoms with Crippen LogP contribution in [-0.2, 0) is 11.3 Å². The Morgan fingerprint density at radius 3 is 2.77 bits per heavy atom. The van der Waals surface area contributed by atoms with Gasteiger partial charge in [0.05, 0.1) is 24.9 Å². The van der Waals surface area contributed by atoms with E-state index in [4.69, 9.17) is 4.74 Å². The quantitative estimate of drug-likeness (QED) is 0.769. The van der Waals surface area contributed by atoms with Crippen LogP contribution in [0.4, 0.5) is 0 Å². The van der Waals surface area contributed by atoms with E-state index in [1.807, 2.05) is 37.3 Å². The average molecular weight is 357 g/mol. The van der Waals surface area contributed by atoms with Gasteiger partial charge in [-0.2, -0.15) is 0 Å². The van der Waals surface area contributed by atoms with Crippen LogP contribution in [0, 0.1) is 0 Å². The molecule has 0 radical (unpaired) electrons. The zero-order valence-corrected chi connectivity index (χ0v) is 14.8. The van der Waals surface area contributed by atoms with Crippen LogP contribution in [0.15, 0.2) is 44.9 Å². The summed E-state index contributed by atoms with van der Waals surface area (Å²) < 4.78 is 6.71. The van der Waals surface area contributed by atoms with Crippen molar-refractivity contribution in [2.45, 2.75) is 38.8 Å². The molecule has 1 saturated heterocycles. The molecule has 1 fully saturated rings. The molecule has 26 heavy (non-hydrogen) atoms. The molecule has 1 unspecified atom stereocenters. The molecule has 1 aliphatic heterocycles. The molecule has 0 saturated carbocycles. The van der Waals surface area contributed by atoms with Crippen molar-refractivity contribution in [2.75, 3.05) is 13.2 Å². The number of nitrogens with zero attached hydrogens (tertiary/aromatic N) is 2. The SMILES string of the molecule is CCC(=NCC1CCCO1)c1c(O)n(Cc2ccccc2)c(=O)[nH]c1=O. The summed E-state index contributed by atoms with van der Waals surface area (Å²) in [6.07, 6.45) is 2.46. The first-order valence-corrected chi connectivity index (χ1v) is 8.85. The normalized spacial score (nSPS) is 17.6. The van der Waals surface area contributed by atoms with Crippen molar-refractivity contribution < 1.29 is 9.84 Å². The Labute approximate surface area is 151 Å². The standard InChI is InChI=1S/C19H23N3O4/c1-2-15(20-11-14-9-6-10-26-14)16-17(23)21-19(25)22(18(16)24)12-13-7-4-3-5-8-13/h3-5,7-8,14,24H,2,6,9-12H2,1H3,(H,21,23,25). The minimum Gasteiger partial charge on any atom is -0.494 e. The number of hydrogen-bond acceptors (Lipinski definition) is 5. The fraction of sp³-hybridized carbons (Fsp3) is 0.421. The Hall–Kier alpha value is -2.67. The minimum atomic E-state index is -0.644. The van der Waals surface area contributed by atoms with E-state index in [0.29, 0.717) is 18.7 Å². The molecule has 7 nitrogen and oxygen atoms in total. The number of benzene rings is 1. The largest absolute Gasteiger partial charge is 0.494 e. The highest BCUT2D eigenvalue weighted by molar-refractivity contribution is 6.01. The number of ether oxygens (including phenoxy) is 1. The number of hydrogen-bond donors (Lipinski definition) is 2. The smallest absolute Gasteiger partial charge is 0.331 e. The van der Waals surface area contributed by atoms with Crippen LogP contribution in [0.2, 0.25) is 0 Å². The maximum atomic E-state index is 12.3. The van der Waals surface area contributed by atoms with E-state index in [1.54, 1.807) is 0 Å². The van der Waals surface area contributed by atoms with E-state index in [0.717, 1.165) is 29.6 Å². The molecule has 3 rings (SSSR count). The molecular weight excluding hydrogens is 334 g/mol. The molecule has 138 valence electrons. The topological polar surface area (TPSA) is 96.7 Å². The molecular formula is C19H23N3O4. The van der Waals surface area contributed by atoms with Gasteiger partial charge in [-0.1, -0.05) is 37.3 Å². The number of aromatic nitrogens is 2. The summed E-state index contributed by atoms with van der Waals surface area (Å²) in [6, 6.07) is 9.28. The molecule has 2 aromatic rings. The van der Waals surface area contributed by atoms with Crippen molar-refractivity contribution in [1.29, 1.82) is 0 Å². The molecule has 1 aliphatic rings. The maximum absolute atomic E-state index is 12.3. The lowest BCUT2D eigenvalue weighted by Gasteiger charge is -2.13. The second-order valence-electron chi connectivity index (χ2n) is 6.31. The van der Waals surface area contributed by atoms with Crippen molar-refractivity contribution in [2.24, 2.45) is 4.99 Å². The highest BCUT2D eigenvalue weighted by Crippen LogP contribution is 2.17. The molecule has 1 aromatic heterocycles. The summed E-state index contributed by atoms with van der Waals surface area (Å²) in [5, 5.41) is 10.6. The lowest BCUT2D eigenvalue weighted by molar-refractivity contribution is 0.118. The molecule has 2 heterocycles. The van der Waals surface area contributed by atoms with Crippen LogP contribution in [0.3, 0.4) is 0 Å². The Balaban J connectivity index is 1.97. The van der Waals surface area contributed by atoms with E-state index in [2.05, 4.69) is 9.98 Å². The van der Waals surface area contributed by atoms with E-state index in [9.17, 15) is 14.7 Å². The van der Waals surface area contributed by atoms with Crippen LogP contribution in [0.25, 0.3) is 0 Å². The van der Waals surface area contributed by atoms with E-state index >= 15 is 0 Å². The third-order valence-corrected chi connectivity index (χ3v) is 4.49. The number of rotatable bonds is 6. The zero-order valence-electron chi connectivity index (χ0n) is 14.8. The molecule has 0 bridgehead atoms. The van der Waals surface area contributed by atoms with E-state index in [-0.39, 0.29) is 24.1 Å². The van der Waals surface area contributed by atoms with Crippen LogP contribution in [0.1, 0.15) is 37.3 Å². The lowest BCUT2D eigenvalue weighted by atomic mass is 10.1. The molecule has 2 N–H and O–H groups in total. The van der Waals surface area contributed by atoms with Crippen LogP contribution < -0.4 is 11.2 Å². The van der Waals surface area contributed by atoms with Crippen molar-refractivity contribution in [3.05, 3.63) is 62.3 Å². The van der Waals surface area contributed by atoms with Gasteiger partial charge in [-0.25, -0.2) is 4.79 Å². The van der Waals surface area contributed by atoms with E-state index < -0.39 is 11.2 Å². The van der Waals surface area contributed by atoms with Gasteiger partial charge in [0.2, 0.25) is 5.88 Å². The molecule has 0 aliphatic carbocycles. The summed E-state index contributed by atoms with van der Waals surface area (Å²) in [4.78, 5) is 31.3. The van der Waals surface area contributed by atoms with Crippen LogP contribution >= 0.6 is 0 Å². The Morgan fingerprint density at radius 1 is 1.35 bits per heavy atom. The Bertz CT molecular complexity index is 893. The number of H-pyrrole nitrogens is 1. The fourth-order valence-electron chi connectivity index (χ4n) is 3.10. The summed E-state index contributed by atoms with van der Waals surface area (Å²) in [7, 11) is 0. The minimum absolute atomic E-state index is 0.0491. The van der Waals surface area contributed by atoms with Crippen molar-refractivity contribution in [1.82, 2.24) is 9.55 Å². The summed E-state index contributed by atoms with van der Waals surface area (Å²) in [5.74, 6) is -0.351. The second kappa shape index (κ2) is 8.14. The van der Waals surface area contributed by atoms with Crippen molar-refractivity contribution >= 4 is 5.71 Å². The molecule has 7 heteroatoms. The number of aliphatic imine (C=N–C) groups is 1. The third kappa shape index (κ3) is 3.94. The van der Waals surface area contributed by atoms with Gasteiger partial charge in [0, 0.05) is 6.61 Å². The van der Waals surface area contributed by atoms with Crippen molar-refractivity contribution in [3.8, 4) is 5.88 Å². The van der Waals surface area contributed by atoms with Crippen molar-refractivity contribution in [3.63, 3.8) is 0 Å². The first-order valence-electron chi connectivity index (χ1n) is 8.85. The Morgan fingerprint density at radius 2 is 2.12 bits per heavy atom. The van der Waals surface area contributed by atoms with Gasteiger partial charge in [0.25, 0.3) is 5.56 Å². The van der Waals surface area contributed by atoms with E-state index in [1.165, 1.54) is 0 Å². The summed E-state index contributed by atoms with van der Waals surface area (Å²) >= 11 is 0. The number of aromatic hydroxyl groups is 1. The van der Waals surface area contributed by atoms with Gasteiger partial charge in [-0.3, -0.25) is 19.3 Å². The highest BCUT2D eigenvalue weighted by Gasteiger charge is 2.20.